The van der Waals surface area contributed by atoms with Crippen molar-refractivity contribution in [3.63, 3.8) is 0 Å². The number of rotatable bonds is 4. The minimum atomic E-state index is 0.613. The number of aromatic nitrogens is 1. The van der Waals surface area contributed by atoms with Gasteiger partial charge in [-0.2, -0.15) is 11.8 Å². The Hall–Kier alpha value is -0.930. The Balaban J connectivity index is 2.40. The van der Waals surface area contributed by atoms with Gasteiger partial charge >= 0.3 is 0 Å². The summed E-state index contributed by atoms with van der Waals surface area (Å²) in [6, 6.07) is 6.51. The van der Waals surface area contributed by atoms with E-state index in [4.69, 9.17) is 5.73 Å². The summed E-state index contributed by atoms with van der Waals surface area (Å²) in [5.74, 6) is 1.07. The summed E-state index contributed by atoms with van der Waals surface area (Å²) < 4.78 is 2.20. The first kappa shape index (κ1) is 12.5. The lowest BCUT2D eigenvalue weighted by molar-refractivity contribution is 0.962. The molecule has 2 nitrogen and oxygen atoms in total. The predicted octanol–water partition coefficient (Wildman–Crippen LogP) is 3.28. The number of benzene rings is 1. The first-order valence-corrected chi connectivity index (χ1v) is 7.05. The molecule has 0 aliphatic rings. The molecule has 0 aliphatic heterocycles. The Labute approximate surface area is 107 Å². The molecule has 0 fully saturated rings. The Bertz CT molecular complexity index is 514. The van der Waals surface area contributed by atoms with Crippen LogP contribution in [0.5, 0.6) is 0 Å². The second kappa shape index (κ2) is 5.15. The summed E-state index contributed by atoms with van der Waals surface area (Å²) in [4.78, 5) is 0. The van der Waals surface area contributed by atoms with E-state index in [-0.39, 0.29) is 0 Å². The molecule has 0 saturated carbocycles. The number of aryl methyl sites for hydroxylation is 1. The molecule has 3 heteroatoms. The molecule has 17 heavy (non-hydrogen) atoms. The fraction of sp³-hybridized carbons (Fsp3) is 0.429. The Morgan fingerprint density at radius 2 is 2.12 bits per heavy atom. The molecule has 2 aromatic rings. The molecule has 0 atom stereocenters. The number of hydrogen-bond acceptors (Lipinski definition) is 2. The highest BCUT2D eigenvalue weighted by Crippen LogP contribution is 2.27. The lowest BCUT2D eigenvalue weighted by Crippen LogP contribution is -1.95. The van der Waals surface area contributed by atoms with Gasteiger partial charge in [0.1, 0.15) is 0 Å². The second-order valence-electron chi connectivity index (χ2n) is 4.68. The van der Waals surface area contributed by atoms with E-state index in [1.54, 1.807) is 0 Å². The van der Waals surface area contributed by atoms with E-state index in [1.807, 2.05) is 11.8 Å². The van der Waals surface area contributed by atoms with Crippen LogP contribution in [0.25, 0.3) is 10.9 Å². The smallest absolute Gasteiger partial charge is 0.0481 e. The van der Waals surface area contributed by atoms with Gasteiger partial charge in [-0.1, -0.05) is 19.9 Å². The van der Waals surface area contributed by atoms with Gasteiger partial charge in [-0.3, -0.25) is 0 Å². The van der Waals surface area contributed by atoms with Gasteiger partial charge in [-0.25, -0.2) is 0 Å². The van der Waals surface area contributed by atoms with E-state index in [9.17, 15) is 0 Å². The zero-order valence-corrected chi connectivity index (χ0v) is 11.6. The van der Waals surface area contributed by atoms with E-state index in [0.29, 0.717) is 11.8 Å². The molecular weight excluding hydrogens is 228 g/mol. The standard InChI is InChI=1S/C14H20N2S/c1-10(2)17-9-12-8-16(3)14-5-4-11(7-15)6-13(12)14/h4-6,8,10H,7,9,15H2,1-3H3. The number of nitrogens with zero attached hydrogens (tertiary/aromatic N) is 1. The zero-order chi connectivity index (χ0) is 12.4. The van der Waals surface area contributed by atoms with Crippen molar-refractivity contribution in [1.29, 1.82) is 0 Å². The molecule has 0 amide bonds. The van der Waals surface area contributed by atoms with Crippen molar-refractivity contribution >= 4 is 22.7 Å². The maximum Gasteiger partial charge on any atom is 0.0481 e. The van der Waals surface area contributed by atoms with Gasteiger partial charge in [0.2, 0.25) is 0 Å². The highest BCUT2D eigenvalue weighted by molar-refractivity contribution is 7.99. The quantitative estimate of drug-likeness (QED) is 0.900. The van der Waals surface area contributed by atoms with Crippen LogP contribution in [-0.2, 0) is 19.3 Å². The molecule has 0 radical (unpaired) electrons. The van der Waals surface area contributed by atoms with Crippen molar-refractivity contribution in [3.8, 4) is 0 Å². The molecule has 0 spiro atoms. The van der Waals surface area contributed by atoms with E-state index in [1.165, 1.54) is 22.0 Å². The van der Waals surface area contributed by atoms with Crippen molar-refractivity contribution in [2.45, 2.75) is 31.4 Å². The molecule has 0 aliphatic carbocycles. The summed E-state index contributed by atoms with van der Waals surface area (Å²) in [7, 11) is 2.11. The SMILES string of the molecule is CC(C)SCc1cn(C)c2ccc(CN)cc12. The molecule has 92 valence electrons. The molecular formula is C14H20N2S. The summed E-state index contributed by atoms with van der Waals surface area (Å²) >= 11 is 1.98. The van der Waals surface area contributed by atoms with Crippen molar-refractivity contribution in [3.05, 3.63) is 35.5 Å². The van der Waals surface area contributed by atoms with Crippen molar-refractivity contribution < 1.29 is 0 Å². The summed E-state index contributed by atoms with van der Waals surface area (Å²) in [5.41, 5.74) is 9.62. The minimum absolute atomic E-state index is 0.613. The van der Waals surface area contributed by atoms with Crippen molar-refractivity contribution in [2.75, 3.05) is 0 Å². The second-order valence-corrected chi connectivity index (χ2v) is 6.25. The Morgan fingerprint density at radius 1 is 1.35 bits per heavy atom. The largest absolute Gasteiger partial charge is 0.350 e. The average Bonchev–Trinajstić information content (AvgIpc) is 2.63. The number of thioether (sulfide) groups is 1. The third-order valence-electron chi connectivity index (χ3n) is 2.94. The van der Waals surface area contributed by atoms with Gasteiger partial charge in [0.25, 0.3) is 0 Å². The van der Waals surface area contributed by atoms with E-state index < -0.39 is 0 Å². The first-order chi connectivity index (χ1) is 8.11. The number of fused-ring (bicyclic) bond motifs is 1. The lowest BCUT2D eigenvalue weighted by atomic mass is 10.1. The topological polar surface area (TPSA) is 30.9 Å². The zero-order valence-electron chi connectivity index (χ0n) is 10.7. The maximum absolute atomic E-state index is 5.71. The summed E-state index contributed by atoms with van der Waals surface area (Å²) in [5, 5.41) is 2.02. The van der Waals surface area contributed by atoms with Crippen molar-refractivity contribution in [2.24, 2.45) is 12.8 Å². The summed E-state index contributed by atoms with van der Waals surface area (Å²) in [6.07, 6.45) is 2.24. The Morgan fingerprint density at radius 3 is 2.76 bits per heavy atom. The fourth-order valence-electron chi connectivity index (χ4n) is 2.02. The van der Waals surface area contributed by atoms with Crippen LogP contribution >= 0.6 is 11.8 Å². The molecule has 1 aromatic carbocycles. The van der Waals surface area contributed by atoms with Gasteiger partial charge in [0, 0.05) is 36.4 Å². The van der Waals surface area contributed by atoms with Crippen LogP contribution in [-0.4, -0.2) is 9.82 Å². The van der Waals surface area contributed by atoms with E-state index in [2.05, 4.69) is 49.9 Å². The third-order valence-corrected chi connectivity index (χ3v) is 4.09. The van der Waals surface area contributed by atoms with Gasteiger partial charge < -0.3 is 10.3 Å². The van der Waals surface area contributed by atoms with E-state index in [0.717, 1.165) is 5.75 Å². The molecule has 0 bridgehead atoms. The first-order valence-electron chi connectivity index (χ1n) is 6.00. The van der Waals surface area contributed by atoms with Crippen LogP contribution in [0, 0.1) is 0 Å². The van der Waals surface area contributed by atoms with Gasteiger partial charge in [-0.15, -0.1) is 0 Å². The van der Waals surface area contributed by atoms with Crippen LogP contribution in [0.1, 0.15) is 25.0 Å². The third kappa shape index (κ3) is 2.67. The highest BCUT2D eigenvalue weighted by Gasteiger charge is 2.08. The van der Waals surface area contributed by atoms with Gasteiger partial charge in [-0.05, 0) is 28.5 Å². The van der Waals surface area contributed by atoms with Crippen LogP contribution in [0.15, 0.2) is 24.4 Å². The van der Waals surface area contributed by atoms with Crippen molar-refractivity contribution in [1.82, 2.24) is 4.57 Å². The number of hydrogen-bond donors (Lipinski definition) is 1. The van der Waals surface area contributed by atoms with Gasteiger partial charge in [0.05, 0.1) is 0 Å². The molecule has 2 N–H and O–H groups in total. The molecule has 0 saturated heterocycles. The predicted molar refractivity (Wildman–Crippen MR) is 77.2 cm³/mol. The van der Waals surface area contributed by atoms with Gasteiger partial charge in [0.15, 0.2) is 0 Å². The van der Waals surface area contributed by atoms with Crippen LogP contribution in [0.3, 0.4) is 0 Å². The number of nitrogens with two attached hydrogens (primary N) is 1. The summed E-state index contributed by atoms with van der Waals surface area (Å²) in [6.45, 7) is 5.09. The molecule has 1 heterocycles. The molecule has 1 aromatic heterocycles. The Kier molecular flexibility index (Phi) is 3.79. The maximum atomic E-state index is 5.71. The highest BCUT2D eigenvalue weighted by atomic mass is 32.2. The molecule has 0 unspecified atom stereocenters. The lowest BCUT2D eigenvalue weighted by Gasteiger charge is -2.04. The van der Waals surface area contributed by atoms with Crippen LogP contribution < -0.4 is 5.73 Å². The van der Waals surface area contributed by atoms with Crippen LogP contribution in [0.2, 0.25) is 0 Å². The monoisotopic (exact) mass is 248 g/mol. The average molecular weight is 248 g/mol. The molecule has 2 rings (SSSR count). The van der Waals surface area contributed by atoms with E-state index >= 15 is 0 Å². The van der Waals surface area contributed by atoms with Crippen LogP contribution in [0.4, 0.5) is 0 Å². The normalized spacial score (nSPS) is 11.6. The minimum Gasteiger partial charge on any atom is -0.350 e. The fourth-order valence-corrected chi connectivity index (χ4v) is 2.76.